The molecule has 1 aromatic rings. The molecule has 0 amide bonds. The van der Waals surface area contributed by atoms with Crippen molar-refractivity contribution in [3.05, 3.63) is 34.1 Å². The van der Waals surface area contributed by atoms with Crippen LogP contribution in [-0.4, -0.2) is 18.6 Å². The zero-order chi connectivity index (χ0) is 11.1. The van der Waals surface area contributed by atoms with Gasteiger partial charge in [0.1, 0.15) is 5.82 Å². The summed E-state index contributed by atoms with van der Waals surface area (Å²) < 4.78 is 13.7. The average Bonchev–Trinajstić information content (AvgIpc) is 2.24. The van der Waals surface area contributed by atoms with Gasteiger partial charge in [-0.15, -0.1) is 0 Å². The Balaban J connectivity index is 2.34. The third-order valence-electron chi connectivity index (χ3n) is 2.05. The van der Waals surface area contributed by atoms with Gasteiger partial charge in [0.15, 0.2) is 0 Å². The van der Waals surface area contributed by atoms with Crippen LogP contribution in [0, 0.1) is 5.82 Å². The minimum atomic E-state index is -0.196. The van der Waals surface area contributed by atoms with E-state index in [9.17, 15) is 4.39 Å². The average molecular weight is 292 g/mol. The SMILES string of the molecule is CSCCCNCc1cccc(F)c1Br. The first kappa shape index (κ1) is 13.0. The van der Waals surface area contributed by atoms with Gasteiger partial charge in [-0.1, -0.05) is 12.1 Å². The molecule has 0 atom stereocenters. The van der Waals surface area contributed by atoms with E-state index < -0.39 is 0 Å². The van der Waals surface area contributed by atoms with Gasteiger partial charge < -0.3 is 5.32 Å². The number of benzene rings is 1. The maximum absolute atomic E-state index is 13.1. The normalized spacial score (nSPS) is 10.6. The zero-order valence-electron chi connectivity index (χ0n) is 8.72. The number of rotatable bonds is 6. The van der Waals surface area contributed by atoms with E-state index in [1.54, 1.807) is 6.07 Å². The first-order chi connectivity index (χ1) is 7.25. The minimum absolute atomic E-state index is 0.196. The Morgan fingerprint density at radius 1 is 1.47 bits per heavy atom. The highest BCUT2D eigenvalue weighted by molar-refractivity contribution is 9.10. The van der Waals surface area contributed by atoms with E-state index in [1.807, 2.05) is 17.8 Å². The number of hydrogen-bond donors (Lipinski definition) is 1. The van der Waals surface area contributed by atoms with Crippen molar-refractivity contribution < 1.29 is 4.39 Å². The number of hydrogen-bond acceptors (Lipinski definition) is 2. The van der Waals surface area contributed by atoms with Gasteiger partial charge in [0, 0.05) is 6.54 Å². The lowest BCUT2D eigenvalue weighted by Crippen LogP contribution is -2.15. The lowest BCUT2D eigenvalue weighted by molar-refractivity contribution is 0.611. The van der Waals surface area contributed by atoms with Crippen molar-refractivity contribution in [1.82, 2.24) is 5.32 Å². The molecule has 15 heavy (non-hydrogen) atoms. The second-order valence-electron chi connectivity index (χ2n) is 3.24. The maximum Gasteiger partial charge on any atom is 0.137 e. The van der Waals surface area contributed by atoms with Crippen molar-refractivity contribution in [2.24, 2.45) is 0 Å². The number of thioether (sulfide) groups is 1. The molecule has 0 saturated carbocycles. The maximum atomic E-state index is 13.1. The summed E-state index contributed by atoms with van der Waals surface area (Å²) in [7, 11) is 0. The fraction of sp³-hybridized carbons (Fsp3) is 0.455. The second-order valence-corrected chi connectivity index (χ2v) is 5.01. The smallest absolute Gasteiger partial charge is 0.137 e. The van der Waals surface area contributed by atoms with Crippen LogP contribution in [0.25, 0.3) is 0 Å². The molecule has 0 aliphatic heterocycles. The molecule has 0 bridgehead atoms. The summed E-state index contributed by atoms with van der Waals surface area (Å²) in [6, 6.07) is 5.12. The first-order valence-corrected chi connectivity index (χ1v) is 7.07. The molecule has 0 aliphatic rings. The summed E-state index contributed by atoms with van der Waals surface area (Å²) in [5, 5.41) is 3.29. The molecule has 4 heteroatoms. The Morgan fingerprint density at radius 3 is 3.00 bits per heavy atom. The summed E-state index contributed by atoms with van der Waals surface area (Å²) >= 11 is 5.09. The molecular formula is C11H15BrFNS. The molecule has 1 aromatic carbocycles. The number of nitrogens with one attached hydrogen (secondary N) is 1. The molecule has 0 heterocycles. The van der Waals surface area contributed by atoms with Gasteiger partial charge in [-0.05, 0) is 52.5 Å². The molecule has 0 spiro atoms. The van der Waals surface area contributed by atoms with Crippen LogP contribution in [-0.2, 0) is 6.54 Å². The molecule has 0 fully saturated rings. The highest BCUT2D eigenvalue weighted by Gasteiger charge is 2.03. The lowest BCUT2D eigenvalue weighted by Gasteiger charge is -2.06. The van der Waals surface area contributed by atoms with Gasteiger partial charge in [0.05, 0.1) is 4.47 Å². The first-order valence-electron chi connectivity index (χ1n) is 4.88. The van der Waals surface area contributed by atoms with Crippen LogP contribution in [0.2, 0.25) is 0 Å². The van der Waals surface area contributed by atoms with Crippen LogP contribution in [0.15, 0.2) is 22.7 Å². The van der Waals surface area contributed by atoms with Crippen molar-refractivity contribution >= 4 is 27.7 Å². The molecule has 1 rings (SSSR count). The van der Waals surface area contributed by atoms with Crippen LogP contribution in [0.4, 0.5) is 4.39 Å². The minimum Gasteiger partial charge on any atom is -0.313 e. The van der Waals surface area contributed by atoms with Crippen molar-refractivity contribution in [1.29, 1.82) is 0 Å². The predicted molar refractivity (Wildman–Crippen MR) is 68.8 cm³/mol. The van der Waals surface area contributed by atoms with E-state index in [0.29, 0.717) is 11.0 Å². The fourth-order valence-electron chi connectivity index (χ4n) is 1.25. The molecular weight excluding hydrogens is 277 g/mol. The monoisotopic (exact) mass is 291 g/mol. The Bertz CT molecular complexity index is 307. The van der Waals surface area contributed by atoms with Gasteiger partial charge in [-0.25, -0.2) is 4.39 Å². The van der Waals surface area contributed by atoms with Gasteiger partial charge >= 0.3 is 0 Å². The molecule has 1 N–H and O–H groups in total. The quantitative estimate of drug-likeness (QED) is 0.806. The summed E-state index contributed by atoms with van der Waals surface area (Å²) in [6.07, 6.45) is 3.25. The largest absolute Gasteiger partial charge is 0.313 e. The van der Waals surface area contributed by atoms with Crippen LogP contribution >= 0.6 is 27.7 Å². The van der Waals surface area contributed by atoms with Crippen molar-refractivity contribution in [3.8, 4) is 0 Å². The third-order valence-corrected chi connectivity index (χ3v) is 3.63. The van der Waals surface area contributed by atoms with Crippen LogP contribution in [0.5, 0.6) is 0 Å². The summed E-state index contributed by atoms with van der Waals surface area (Å²) in [5.41, 5.74) is 0.971. The van der Waals surface area contributed by atoms with E-state index in [0.717, 1.165) is 24.3 Å². The van der Waals surface area contributed by atoms with E-state index in [-0.39, 0.29) is 5.82 Å². The lowest BCUT2D eigenvalue weighted by atomic mass is 10.2. The van der Waals surface area contributed by atoms with Crippen molar-refractivity contribution in [3.63, 3.8) is 0 Å². The summed E-state index contributed by atoms with van der Waals surface area (Å²) in [4.78, 5) is 0. The van der Waals surface area contributed by atoms with E-state index in [2.05, 4.69) is 27.5 Å². The van der Waals surface area contributed by atoms with Crippen LogP contribution in [0.3, 0.4) is 0 Å². The molecule has 0 aliphatic carbocycles. The summed E-state index contributed by atoms with van der Waals surface area (Å²) in [6.45, 7) is 1.69. The van der Waals surface area contributed by atoms with Crippen molar-refractivity contribution in [2.75, 3.05) is 18.6 Å². The van der Waals surface area contributed by atoms with Gasteiger partial charge in [-0.3, -0.25) is 0 Å². The predicted octanol–water partition coefficient (Wildman–Crippen LogP) is 3.43. The Labute approximate surface area is 103 Å². The molecule has 84 valence electrons. The van der Waals surface area contributed by atoms with Gasteiger partial charge in [-0.2, -0.15) is 11.8 Å². The molecule has 0 unspecified atom stereocenters. The van der Waals surface area contributed by atoms with E-state index >= 15 is 0 Å². The topological polar surface area (TPSA) is 12.0 Å². The van der Waals surface area contributed by atoms with Crippen LogP contribution in [0.1, 0.15) is 12.0 Å². The van der Waals surface area contributed by atoms with Gasteiger partial charge in [0.2, 0.25) is 0 Å². The Kier molecular flexibility index (Phi) is 6.29. The molecule has 1 nitrogen and oxygen atoms in total. The molecule has 0 saturated heterocycles. The van der Waals surface area contributed by atoms with Crippen LogP contribution < -0.4 is 5.32 Å². The standard InChI is InChI=1S/C11H15BrFNS/c1-15-7-3-6-14-8-9-4-2-5-10(13)11(9)12/h2,4-5,14H,3,6-8H2,1H3. The highest BCUT2D eigenvalue weighted by atomic mass is 79.9. The van der Waals surface area contributed by atoms with Gasteiger partial charge in [0.25, 0.3) is 0 Å². The zero-order valence-corrected chi connectivity index (χ0v) is 11.1. The molecule has 0 radical (unpaired) electrons. The third kappa shape index (κ3) is 4.53. The van der Waals surface area contributed by atoms with E-state index in [1.165, 1.54) is 6.07 Å². The number of halogens is 2. The second kappa shape index (κ2) is 7.25. The van der Waals surface area contributed by atoms with Crippen molar-refractivity contribution in [2.45, 2.75) is 13.0 Å². The highest BCUT2D eigenvalue weighted by Crippen LogP contribution is 2.19. The molecule has 0 aromatic heterocycles. The fourth-order valence-corrected chi connectivity index (χ4v) is 2.09. The Morgan fingerprint density at radius 2 is 2.27 bits per heavy atom. The van der Waals surface area contributed by atoms with E-state index in [4.69, 9.17) is 0 Å². The Hall–Kier alpha value is -0.0600. The summed E-state index contributed by atoms with van der Waals surface area (Å²) in [5.74, 6) is 0.968.